The van der Waals surface area contributed by atoms with E-state index in [1.165, 1.54) is 12.8 Å². The Balaban J connectivity index is 1.20. The number of hydrogen-bond donors (Lipinski definition) is 2. The van der Waals surface area contributed by atoms with Gasteiger partial charge in [-0.15, -0.1) is 5.10 Å². The van der Waals surface area contributed by atoms with Crippen LogP contribution in [0.2, 0.25) is 0 Å². The number of rotatable bonds is 8. The largest absolute Gasteiger partial charge is 0.395 e. The molecule has 1 aromatic carbocycles. The summed E-state index contributed by atoms with van der Waals surface area (Å²) in [4.78, 5) is 14.1. The molecule has 40 heavy (non-hydrogen) atoms. The Kier molecular flexibility index (Phi) is 6.20. The van der Waals surface area contributed by atoms with Crippen LogP contribution in [-0.2, 0) is 14.8 Å². The van der Waals surface area contributed by atoms with Gasteiger partial charge in [0.1, 0.15) is 5.69 Å². The summed E-state index contributed by atoms with van der Waals surface area (Å²) in [7, 11) is -3.65. The topological polar surface area (TPSA) is 139 Å². The van der Waals surface area contributed by atoms with Crippen molar-refractivity contribution in [2.45, 2.75) is 51.2 Å². The van der Waals surface area contributed by atoms with E-state index in [0.29, 0.717) is 41.2 Å². The Morgan fingerprint density at radius 2 is 1.98 bits per heavy atom. The van der Waals surface area contributed by atoms with E-state index in [1.54, 1.807) is 10.7 Å². The van der Waals surface area contributed by atoms with Crippen LogP contribution < -0.4 is 14.5 Å². The van der Waals surface area contributed by atoms with Crippen LogP contribution >= 0.6 is 0 Å². The van der Waals surface area contributed by atoms with Crippen molar-refractivity contribution in [2.24, 2.45) is 5.41 Å². The van der Waals surface area contributed by atoms with Gasteiger partial charge in [-0.05, 0) is 62.6 Å². The highest BCUT2D eigenvalue weighted by Gasteiger charge is 2.44. The van der Waals surface area contributed by atoms with Gasteiger partial charge in [-0.25, -0.2) is 18.1 Å². The Labute approximate surface area is 233 Å². The molecule has 12 nitrogen and oxygen atoms in total. The second-order valence-electron chi connectivity index (χ2n) is 11.6. The van der Waals surface area contributed by atoms with E-state index in [9.17, 15) is 8.42 Å². The number of aliphatic hydroxyl groups is 1. The number of hydrogen-bond acceptors (Lipinski definition) is 10. The summed E-state index contributed by atoms with van der Waals surface area (Å²) in [6, 6.07) is 7.69. The number of nitrogens with one attached hydrogen (secondary N) is 1. The van der Waals surface area contributed by atoms with Gasteiger partial charge in [-0.2, -0.15) is 4.98 Å². The molecule has 2 bridgehead atoms. The molecule has 0 amide bonds. The van der Waals surface area contributed by atoms with Crippen LogP contribution in [0.5, 0.6) is 0 Å². The van der Waals surface area contributed by atoms with Crippen LogP contribution in [0.15, 0.2) is 30.5 Å². The van der Waals surface area contributed by atoms with Crippen molar-refractivity contribution in [2.75, 3.05) is 53.1 Å². The van der Waals surface area contributed by atoms with Gasteiger partial charge in [0.15, 0.2) is 5.82 Å². The van der Waals surface area contributed by atoms with E-state index in [4.69, 9.17) is 14.8 Å². The summed E-state index contributed by atoms with van der Waals surface area (Å²) in [5, 5.41) is 18.1. The summed E-state index contributed by atoms with van der Waals surface area (Å²) in [6.45, 7) is 4.83. The van der Waals surface area contributed by atoms with Crippen molar-refractivity contribution in [3.05, 3.63) is 36.2 Å². The van der Waals surface area contributed by atoms with Gasteiger partial charge in [0, 0.05) is 42.6 Å². The Morgan fingerprint density at radius 1 is 1.15 bits per heavy atom. The number of morpholine rings is 1. The molecule has 0 radical (unpaired) electrons. The Bertz CT molecular complexity index is 1530. The van der Waals surface area contributed by atoms with Crippen LogP contribution in [-0.4, -0.2) is 89.2 Å². The Morgan fingerprint density at radius 3 is 2.67 bits per heavy atom. The SMILES string of the molecule is Cc1cc(-n2cc(-c3ccc(NS(=O)(=O)CCO)cc3N3CCC4(CC3)CC4)nn2)nc(N2C[C@@H]3C[C@H]2CO3)n1. The van der Waals surface area contributed by atoms with E-state index in [0.717, 1.165) is 55.8 Å². The van der Waals surface area contributed by atoms with Crippen molar-refractivity contribution in [3.8, 4) is 17.1 Å². The lowest BCUT2D eigenvalue weighted by Crippen LogP contribution is -2.38. The number of benzene rings is 1. The third-order valence-electron chi connectivity index (χ3n) is 8.74. The number of aromatic nitrogens is 5. The number of aliphatic hydroxyl groups excluding tert-OH is 1. The predicted molar refractivity (Wildman–Crippen MR) is 150 cm³/mol. The Hall–Kier alpha value is -3.29. The van der Waals surface area contributed by atoms with Crippen molar-refractivity contribution in [1.82, 2.24) is 25.0 Å². The number of ether oxygens (including phenoxy) is 1. The minimum absolute atomic E-state index is 0.245. The van der Waals surface area contributed by atoms with Crippen molar-refractivity contribution < 1.29 is 18.3 Å². The van der Waals surface area contributed by atoms with Gasteiger partial charge >= 0.3 is 0 Å². The van der Waals surface area contributed by atoms with E-state index in [-0.39, 0.29) is 11.9 Å². The molecule has 4 aliphatic rings. The number of fused-ring (bicyclic) bond motifs is 2. The molecule has 5 heterocycles. The molecule has 4 fully saturated rings. The molecule has 1 spiro atoms. The van der Waals surface area contributed by atoms with E-state index in [1.807, 2.05) is 31.3 Å². The highest BCUT2D eigenvalue weighted by molar-refractivity contribution is 7.92. The third kappa shape index (κ3) is 4.90. The molecular weight excluding hydrogens is 532 g/mol. The molecule has 2 aromatic heterocycles. The molecular formula is C27H34N8O4S. The van der Waals surface area contributed by atoms with Crippen molar-refractivity contribution in [1.29, 1.82) is 0 Å². The van der Waals surface area contributed by atoms with Gasteiger partial charge in [-0.3, -0.25) is 4.72 Å². The number of anilines is 3. The fourth-order valence-corrected chi connectivity index (χ4v) is 7.08. The van der Waals surface area contributed by atoms with Crippen LogP contribution in [0, 0.1) is 12.3 Å². The highest BCUT2D eigenvalue weighted by atomic mass is 32.2. The lowest BCUT2D eigenvalue weighted by molar-refractivity contribution is 0.0986. The molecule has 2 atom stereocenters. The number of aryl methyl sites for hydroxylation is 1. The minimum Gasteiger partial charge on any atom is -0.395 e. The standard InChI is InChI=1S/C27H34N8O4S/c1-18-12-25(29-26(28-18)34-15-21-14-20(34)17-39-21)35-16-23(30-32-35)22-3-2-19(31-40(37,38)11-10-36)13-24(22)33-8-6-27(4-5-27)7-9-33/h2-3,12-13,16,20-21,31,36H,4-11,14-15,17H2,1H3/t20-,21-/m0/s1. The predicted octanol–water partition coefficient (Wildman–Crippen LogP) is 2.12. The summed E-state index contributed by atoms with van der Waals surface area (Å²) in [5.74, 6) is 0.982. The molecule has 212 valence electrons. The first-order valence-electron chi connectivity index (χ1n) is 14.0. The zero-order chi connectivity index (χ0) is 27.5. The van der Waals surface area contributed by atoms with Gasteiger partial charge in [0.25, 0.3) is 0 Å². The third-order valence-corrected chi connectivity index (χ3v) is 10.0. The summed E-state index contributed by atoms with van der Waals surface area (Å²) in [6.07, 6.45) is 7.98. The molecule has 2 N–H and O–H groups in total. The molecule has 1 saturated carbocycles. The van der Waals surface area contributed by atoms with Gasteiger partial charge in [-0.1, -0.05) is 5.21 Å². The smallest absolute Gasteiger partial charge is 0.234 e. The van der Waals surface area contributed by atoms with Crippen LogP contribution in [0.1, 0.15) is 37.8 Å². The molecule has 1 aliphatic carbocycles. The highest BCUT2D eigenvalue weighted by Crippen LogP contribution is 2.54. The van der Waals surface area contributed by atoms with Gasteiger partial charge < -0.3 is 19.6 Å². The fourth-order valence-electron chi connectivity index (χ4n) is 6.25. The van der Waals surface area contributed by atoms with Gasteiger partial charge in [0.2, 0.25) is 16.0 Å². The lowest BCUT2D eigenvalue weighted by Gasteiger charge is -2.35. The van der Waals surface area contributed by atoms with Crippen molar-refractivity contribution in [3.63, 3.8) is 0 Å². The normalized spacial score (nSPS) is 23.2. The minimum atomic E-state index is -3.65. The summed E-state index contributed by atoms with van der Waals surface area (Å²) < 4.78 is 34.7. The van der Waals surface area contributed by atoms with Crippen molar-refractivity contribution >= 4 is 27.3 Å². The zero-order valence-corrected chi connectivity index (χ0v) is 23.3. The van der Waals surface area contributed by atoms with Crippen LogP contribution in [0.4, 0.5) is 17.3 Å². The molecule has 13 heteroatoms. The first-order chi connectivity index (χ1) is 19.3. The second kappa shape index (κ2) is 9.67. The van der Waals surface area contributed by atoms with E-state index >= 15 is 0 Å². The maximum atomic E-state index is 12.4. The quantitative estimate of drug-likeness (QED) is 0.417. The number of piperidine rings is 1. The van der Waals surface area contributed by atoms with Gasteiger partial charge in [0.05, 0.1) is 43.0 Å². The average molecular weight is 567 g/mol. The summed E-state index contributed by atoms with van der Waals surface area (Å²) in [5.41, 5.74) is 4.29. The zero-order valence-electron chi connectivity index (χ0n) is 22.5. The molecule has 3 aliphatic heterocycles. The second-order valence-corrected chi connectivity index (χ2v) is 13.4. The first kappa shape index (κ1) is 25.7. The average Bonchev–Trinajstić information content (AvgIpc) is 3.32. The van der Waals surface area contributed by atoms with Crippen LogP contribution in [0.3, 0.4) is 0 Å². The molecule has 0 unspecified atom stereocenters. The van der Waals surface area contributed by atoms with E-state index in [2.05, 4.69) is 29.8 Å². The lowest BCUT2D eigenvalue weighted by atomic mass is 9.93. The van der Waals surface area contributed by atoms with Crippen LogP contribution in [0.25, 0.3) is 17.1 Å². The maximum absolute atomic E-state index is 12.4. The molecule has 3 aromatic rings. The summed E-state index contributed by atoms with van der Waals surface area (Å²) >= 11 is 0. The monoisotopic (exact) mass is 566 g/mol. The first-order valence-corrected chi connectivity index (χ1v) is 15.6. The molecule has 7 rings (SSSR count). The number of nitrogens with zero attached hydrogens (tertiary/aromatic N) is 7. The fraction of sp³-hybridized carbons (Fsp3) is 0.556. The molecule has 3 saturated heterocycles. The van der Waals surface area contributed by atoms with E-state index < -0.39 is 16.6 Å². The number of sulfonamides is 1. The maximum Gasteiger partial charge on any atom is 0.234 e.